The average Bonchev–Trinajstić information content (AvgIpc) is 3.14. The SMILES string of the molecule is Cc1ccc(C(CNC(=O)c2cc3ccccc3oc2=O)N2CCC(C)CC2)o1.Cl. The summed E-state index contributed by atoms with van der Waals surface area (Å²) in [7, 11) is 0. The van der Waals surface area contributed by atoms with E-state index < -0.39 is 11.5 Å². The Kier molecular flexibility index (Phi) is 7.00. The molecule has 0 spiro atoms. The average molecular weight is 431 g/mol. The predicted octanol–water partition coefficient (Wildman–Crippen LogP) is 4.32. The second kappa shape index (κ2) is 9.49. The molecule has 6 nitrogen and oxygen atoms in total. The Morgan fingerprint density at radius 1 is 1.17 bits per heavy atom. The molecule has 1 atom stereocenters. The van der Waals surface area contributed by atoms with Crippen molar-refractivity contribution in [1.82, 2.24) is 10.2 Å². The third-order valence-corrected chi connectivity index (χ3v) is 5.69. The number of para-hydroxylation sites is 1. The summed E-state index contributed by atoms with van der Waals surface area (Å²) in [5.41, 5.74) is -0.135. The van der Waals surface area contributed by atoms with Crippen molar-refractivity contribution in [2.75, 3.05) is 19.6 Å². The minimum absolute atomic E-state index is 0. The van der Waals surface area contributed by atoms with Crippen molar-refractivity contribution < 1.29 is 13.6 Å². The summed E-state index contributed by atoms with van der Waals surface area (Å²) in [5.74, 6) is 1.96. The zero-order chi connectivity index (χ0) is 20.4. The first kappa shape index (κ1) is 22.1. The second-order valence-corrected chi connectivity index (χ2v) is 7.88. The number of hydrogen-bond donors (Lipinski definition) is 1. The largest absolute Gasteiger partial charge is 0.465 e. The van der Waals surface area contributed by atoms with Gasteiger partial charge in [0.05, 0.1) is 6.04 Å². The maximum atomic E-state index is 12.8. The van der Waals surface area contributed by atoms with Gasteiger partial charge in [0.15, 0.2) is 0 Å². The zero-order valence-corrected chi connectivity index (χ0v) is 18.0. The first-order chi connectivity index (χ1) is 14.0. The Hall–Kier alpha value is -2.57. The van der Waals surface area contributed by atoms with Gasteiger partial charge in [-0.2, -0.15) is 0 Å². The third-order valence-electron chi connectivity index (χ3n) is 5.69. The molecule has 0 bridgehead atoms. The topological polar surface area (TPSA) is 75.7 Å². The summed E-state index contributed by atoms with van der Waals surface area (Å²) < 4.78 is 11.2. The van der Waals surface area contributed by atoms with Crippen molar-refractivity contribution in [2.45, 2.75) is 32.7 Å². The van der Waals surface area contributed by atoms with Crippen LogP contribution in [0.1, 0.15) is 47.7 Å². The molecule has 4 rings (SSSR count). The number of fused-ring (bicyclic) bond motifs is 1. The monoisotopic (exact) mass is 430 g/mol. The van der Waals surface area contributed by atoms with Crippen molar-refractivity contribution in [3.05, 3.63) is 70.0 Å². The lowest BCUT2D eigenvalue weighted by molar-refractivity contribution is 0.0891. The number of rotatable bonds is 5. The van der Waals surface area contributed by atoms with Crippen LogP contribution in [0.4, 0.5) is 0 Å². The molecule has 1 saturated heterocycles. The van der Waals surface area contributed by atoms with Crippen LogP contribution in [0.2, 0.25) is 0 Å². The minimum Gasteiger partial charge on any atom is -0.465 e. The summed E-state index contributed by atoms with van der Waals surface area (Å²) in [5, 5.41) is 3.64. The molecule has 0 saturated carbocycles. The Bertz CT molecular complexity index is 1070. The van der Waals surface area contributed by atoms with E-state index in [2.05, 4.69) is 17.1 Å². The van der Waals surface area contributed by atoms with Crippen LogP contribution in [0.3, 0.4) is 0 Å². The molecule has 1 aliphatic rings. The lowest BCUT2D eigenvalue weighted by Gasteiger charge is -2.35. The lowest BCUT2D eigenvalue weighted by Crippen LogP contribution is -2.42. The zero-order valence-electron chi connectivity index (χ0n) is 17.2. The standard InChI is InChI=1S/C23H26N2O4.ClH/c1-15-9-11-25(12-10-15)19(21-8-7-16(2)28-21)14-24-22(26)18-13-17-5-3-4-6-20(17)29-23(18)27;/h3-8,13,15,19H,9-12,14H2,1-2H3,(H,24,26);1H. The number of amides is 1. The highest BCUT2D eigenvalue weighted by Crippen LogP contribution is 2.27. The van der Waals surface area contributed by atoms with Gasteiger partial charge < -0.3 is 14.2 Å². The number of carbonyl (C=O) groups is 1. The van der Waals surface area contributed by atoms with Gasteiger partial charge in [-0.1, -0.05) is 25.1 Å². The van der Waals surface area contributed by atoms with E-state index in [0.29, 0.717) is 18.0 Å². The fraction of sp³-hybridized carbons (Fsp3) is 0.391. The maximum Gasteiger partial charge on any atom is 0.349 e. The van der Waals surface area contributed by atoms with E-state index in [4.69, 9.17) is 8.83 Å². The fourth-order valence-electron chi connectivity index (χ4n) is 3.89. The van der Waals surface area contributed by atoms with Crippen LogP contribution in [-0.2, 0) is 0 Å². The van der Waals surface area contributed by atoms with Crippen LogP contribution in [0.25, 0.3) is 11.0 Å². The molecule has 2 aromatic heterocycles. The van der Waals surface area contributed by atoms with Crippen molar-refractivity contribution >= 4 is 29.3 Å². The third kappa shape index (κ3) is 4.77. The molecular formula is C23H27ClN2O4. The van der Waals surface area contributed by atoms with Gasteiger partial charge in [-0.25, -0.2) is 4.79 Å². The summed E-state index contributed by atoms with van der Waals surface area (Å²) in [6.07, 6.45) is 2.25. The Labute approximate surface area is 181 Å². The smallest absolute Gasteiger partial charge is 0.349 e. The summed E-state index contributed by atoms with van der Waals surface area (Å²) in [6.45, 7) is 6.47. The van der Waals surface area contributed by atoms with E-state index in [1.165, 1.54) is 0 Å². The molecule has 1 aromatic carbocycles. The van der Waals surface area contributed by atoms with Gasteiger partial charge in [-0.3, -0.25) is 9.69 Å². The van der Waals surface area contributed by atoms with Crippen LogP contribution in [-0.4, -0.2) is 30.4 Å². The van der Waals surface area contributed by atoms with Crippen LogP contribution >= 0.6 is 12.4 Å². The molecule has 1 aliphatic heterocycles. The van der Waals surface area contributed by atoms with Gasteiger partial charge >= 0.3 is 5.63 Å². The molecule has 30 heavy (non-hydrogen) atoms. The number of likely N-dealkylation sites (tertiary alicyclic amines) is 1. The first-order valence-electron chi connectivity index (χ1n) is 10.1. The number of benzene rings is 1. The normalized spacial score (nSPS) is 16.2. The number of halogens is 1. The van der Waals surface area contributed by atoms with Crippen LogP contribution in [0, 0.1) is 12.8 Å². The van der Waals surface area contributed by atoms with Crippen molar-refractivity contribution in [3.8, 4) is 0 Å². The molecule has 1 N–H and O–H groups in total. The van der Waals surface area contributed by atoms with Gasteiger partial charge in [-0.05, 0) is 63.0 Å². The molecule has 160 valence electrons. The van der Waals surface area contributed by atoms with E-state index in [-0.39, 0.29) is 24.0 Å². The summed E-state index contributed by atoms with van der Waals surface area (Å²) in [4.78, 5) is 27.4. The molecule has 3 heterocycles. The second-order valence-electron chi connectivity index (χ2n) is 7.88. The van der Waals surface area contributed by atoms with Crippen molar-refractivity contribution in [1.29, 1.82) is 0 Å². The lowest BCUT2D eigenvalue weighted by atomic mass is 9.97. The van der Waals surface area contributed by atoms with Crippen LogP contribution in [0.5, 0.6) is 0 Å². The van der Waals surface area contributed by atoms with E-state index in [1.807, 2.05) is 31.2 Å². The quantitative estimate of drug-likeness (QED) is 0.610. The van der Waals surface area contributed by atoms with Crippen molar-refractivity contribution in [3.63, 3.8) is 0 Å². The van der Waals surface area contributed by atoms with E-state index in [9.17, 15) is 9.59 Å². The molecular weight excluding hydrogens is 404 g/mol. The van der Waals surface area contributed by atoms with Crippen LogP contribution in [0.15, 0.2) is 56.1 Å². The van der Waals surface area contributed by atoms with Gasteiger partial charge in [-0.15, -0.1) is 12.4 Å². The number of aryl methyl sites for hydroxylation is 1. The number of nitrogens with one attached hydrogen (secondary N) is 1. The van der Waals surface area contributed by atoms with Crippen molar-refractivity contribution in [2.24, 2.45) is 5.92 Å². The highest BCUT2D eigenvalue weighted by Gasteiger charge is 2.27. The first-order valence-corrected chi connectivity index (χ1v) is 10.1. The van der Waals surface area contributed by atoms with Gasteiger partial charge in [0, 0.05) is 11.9 Å². The molecule has 1 amide bonds. The highest BCUT2D eigenvalue weighted by atomic mass is 35.5. The molecule has 3 aromatic rings. The number of hydrogen-bond acceptors (Lipinski definition) is 5. The Morgan fingerprint density at radius 2 is 1.90 bits per heavy atom. The Morgan fingerprint density at radius 3 is 2.60 bits per heavy atom. The molecule has 0 radical (unpaired) electrons. The number of nitrogens with zero attached hydrogens (tertiary/aromatic N) is 1. The minimum atomic E-state index is -0.626. The van der Waals surface area contributed by atoms with E-state index in [1.54, 1.807) is 18.2 Å². The number of piperidine rings is 1. The number of carbonyl (C=O) groups excluding carboxylic acids is 1. The van der Waals surface area contributed by atoms with Crippen LogP contribution < -0.4 is 10.9 Å². The molecule has 0 aliphatic carbocycles. The summed E-state index contributed by atoms with van der Waals surface area (Å²) in [6, 6.07) is 12.6. The predicted molar refractivity (Wildman–Crippen MR) is 118 cm³/mol. The molecule has 1 fully saturated rings. The van der Waals surface area contributed by atoms with E-state index in [0.717, 1.165) is 42.8 Å². The number of furan rings is 1. The van der Waals surface area contributed by atoms with E-state index >= 15 is 0 Å². The summed E-state index contributed by atoms with van der Waals surface area (Å²) >= 11 is 0. The fourth-order valence-corrected chi connectivity index (χ4v) is 3.89. The maximum absolute atomic E-state index is 12.8. The highest BCUT2D eigenvalue weighted by molar-refractivity contribution is 5.96. The van der Waals surface area contributed by atoms with Gasteiger partial charge in [0.1, 0.15) is 22.7 Å². The van der Waals surface area contributed by atoms with Gasteiger partial charge in [0.2, 0.25) is 0 Å². The molecule has 1 unspecified atom stereocenters. The van der Waals surface area contributed by atoms with Gasteiger partial charge in [0.25, 0.3) is 5.91 Å². The molecule has 7 heteroatoms. The Balaban J connectivity index is 0.00000256.